The maximum Gasteiger partial charge on any atom is 0.269 e. The number of fused-ring (bicyclic) bond motifs is 1. The van der Waals surface area contributed by atoms with Gasteiger partial charge in [-0.25, -0.2) is 0 Å². The van der Waals surface area contributed by atoms with E-state index >= 15 is 0 Å². The van der Waals surface area contributed by atoms with Crippen LogP contribution in [0, 0.1) is 39.2 Å². The second-order valence-corrected chi connectivity index (χ2v) is 8.70. The van der Waals surface area contributed by atoms with Gasteiger partial charge in [0.2, 0.25) is 0 Å². The summed E-state index contributed by atoms with van der Waals surface area (Å²) in [4.78, 5) is 10.3. The third-order valence-electron chi connectivity index (χ3n) is 7.06. The molecule has 2 unspecified atom stereocenters. The van der Waals surface area contributed by atoms with Crippen molar-refractivity contribution in [2.75, 3.05) is 13.2 Å². The summed E-state index contributed by atoms with van der Waals surface area (Å²) in [7, 11) is 0. The van der Waals surface area contributed by atoms with E-state index in [9.17, 15) is 15.2 Å². The van der Waals surface area contributed by atoms with E-state index in [0.29, 0.717) is 36.0 Å². The van der Waals surface area contributed by atoms with Crippen molar-refractivity contribution in [3.8, 4) is 5.75 Å². The number of nitro groups is 1. The monoisotopic (exact) mass is 373 g/mol. The van der Waals surface area contributed by atoms with E-state index in [1.54, 1.807) is 12.1 Å². The normalized spacial score (nSPS) is 33.4. The predicted octanol–water partition coefficient (Wildman–Crippen LogP) is 4.99. The molecule has 0 aliphatic heterocycles. The first kappa shape index (κ1) is 19.9. The van der Waals surface area contributed by atoms with Gasteiger partial charge >= 0.3 is 0 Å². The zero-order valence-electron chi connectivity index (χ0n) is 16.4. The van der Waals surface area contributed by atoms with Crippen LogP contribution >= 0.6 is 0 Å². The van der Waals surface area contributed by atoms with E-state index < -0.39 is 4.92 Å². The van der Waals surface area contributed by atoms with E-state index in [4.69, 9.17) is 4.74 Å². The minimum atomic E-state index is -0.404. The van der Waals surface area contributed by atoms with Crippen LogP contribution in [-0.4, -0.2) is 23.2 Å². The smallest absolute Gasteiger partial charge is 0.269 e. The van der Waals surface area contributed by atoms with Crippen LogP contribution in [0.4, 0.5) is 5.69 Å². The van der Waals surface area contributed by atoms with Crippen molar-refractivity contribution >= 4 is 5.69 Å². The Hall–Kier alpha value is -1.88. The Bertz CT molecular complexity index is 686. The first-order valence-corrected chi connectivity index (χ1v) is 10.0. The lowest BCUT2D eigenvalue weighted by Gasteiger charge is -2.54. The van der Waals surface area contributed by atoms with Crippen LogP contribution in [0.1, 0.15) is 46.0 Å². The number of hydrogen-bond acceptors (Lipinski definition) is 4. The fourth-order valence-electron chi connectivity index (χ4n) is 5.37. The molecule has 0 spiro atoms. The number of ether oxygens (including phenoxy) is 1. The van der Waals surface area contributed by atoms with Gasteiger partial charge in [-0.1, -0.05) is 26.0 Å². The standard InChI is InChI=1S/C22H31NO4/c1-15-4-9-20-21(16(2)10-12-22(20,3)14-24)19(15)11-13-27-18-7-5-17(6-8-18)23(25)26/h5-8,16,19-21,24H,1,4,9-14H2,2-3H3/t16?,19-,20?,21-,22-/m0/s1. The highest BCUT2D eigenvalue weighted by Crippen LogP contribution is 2.56. The van der Waals surface area contributed by atoms with Gasteiger partial charge < -0.3 is 9.84 Å². The minimum Gasteiger partial charge on any atom is -0.494 e. The van der Waals surface area contributed by atoms with Gasteiger partial charge in [0.1, 0.15) is 5.75 Å². The average Bonchev–Trinajstić information content (AvgIpc) is 2.66. The maximum atomic E-state index is 10.7. The number of allylic oxidation sites excluding steroid dienone is 1. The van der Waals surface area contributed by atoms with Crippen molar-refractivity contribution in [3.63, 3.8) is 0 Å². The molecule has 2 fully saturated rings. The number of aliphatic hydroxyl groups is 1. The van der Waals surface area contributed by atoms with Crippen LogP contribution in [0.2, 0.25) is 0 Å². The highest BCUT2D eigenvalue weighted by atomic mass is 16.6. The Morgan fingerprint density at radius 3 is 2.67 bits per heavy atom. The molecule has 0 radical (unpaired) electrons. The Balaban J connectivity index is 1.65. The quantitative estimate of drug-likeness (QED) is 0.433. The van der Waals surface area contributed by atoms with E-state index in [1.165, 1.54) is 17.7 Å². The lowest BCUT2D eigenvalue weighted by atomic mass is 9.51. The molecule has 2 saturated carbocycles. The second kappa shape index (κ2) is 8.01. The van der Waals surface area contributed by atoms with Crippen molar-refractivity contribution in [2.45, 2.75) is 46.0 Å². The lowest BCUT2D eigenvalue weighted by molar-refractivity contribution is -0.384. The van der Waals surface area contributed by atoms with Gasteiger partial charge in [-0.3, -0.25) is 10.1 Å². The van der Waals surface area contributed by atoms with Gasteiger partial charge in [-0.15, -0.1) is 0 Å². The lowest BCUT2D eigenvalue weighted by Crippen LogP contribution is -2.48. The molecule has 1 aromatic rings. The van der Waals surface area contributed by atoms with Crippen LogP contribution in [0.5, 0.6) is 5.75 Å². The predicted molar refractivity (Wildman–Crippen MR) is 106 cm³/mol. The molecule has 5 heteroatoms. The van der Waals surface area contributed by atoms with E-state index in [-0.39, 0.29) is 17.7 Å². The first-order chi connectivity index (χ1) is 12.9. The number of rotatable bonds is 6. The Morgan fingerprint density at radius 1 is 1.33 bits per heavy atom. The summed E-state index contributed by atoms with van der Waals surface area (Å²) in [5.41, 5.74) is 1.41. The number of non-ortho nitro benzene ring substituents is 1. The van der Waals surface area contributed by atoms with Gasteiger partial charge in [0.05, 0.1) is 11.5 Å². The Morgan fingerprint density at radius 2 is 2.04 bits per heavy atom. The summed E-state index contributed by atoms with van der Waals surface area (Å²) in [5.74, 6) is 2.81. The molecule has 2 aliphatic rings. The van der Waals surface area contributed by atoms with E-state index in [1.807, 2.05) is 0 Å². The van der Waals surface area contributed by atoms with Crippen molar-refractivity contribution < 1.29 is 14.8 Å². The largest absolute Gasteiger partial charge is 0.494 e. The minimum absolute atomic E-state index is 0.0232. The molecular formula is C22H31NO4. The topological polar surface area (TPSA) is 72.6 Å². The molecule has 0 heterocycles. The summed E-state index contributed by atoms with van der Waals surface area (Å²) < 4.78 is 5.87. The van der Waals surface area contributed by atoms with Crippen molar-refractivity contribution in [2.24, 2.45) is 29.1 Å². The summed E-state index contributed by atoms with van der Waals surface area (Å²) in [6, 6.07) is 6.26. The van der Waals surface area contributed by atoms with Crippen molar-refractivity contribution in [3.05, 3.63) is 46.5 Å². The van der Waals surface area contributed by atoms with E-state index in [2.05, 4.69) is 20.4 Å². The molecule has 1 N–H and O–H groups in total. The fourth-order valence-corrected chi connectivity index (χ4v) is 5.37. The summed E-state index contributed by atoms with van der Waals surface area (Å²) in [5, 5.41) is 20.8. The fraction of sp³-hybridized carbons (Fsp3) is 0.636. The number of benzene rings is 1. The number of nitrogens with zero attached hydrogens (tertiary/aromatic N) is 1. The van der Waals surface area contributed by atoms with Gasteiger partial charge in [-0.05, 0) is 73.3 Å². The molecule has 0 saturated heterocycles. The number of nitro benzene ring substituents is 1. The highest BCUT2D eigenvalue weighted by molar-refractivity contribution is 5.35. The zero-order chi connectivity index (χ0) is 19.6. The summed E-state index contributed by atoms with van der Waals surface area (Å²) in [6.07, 6.45) is 5.33. The average molecular weight is 373 g/mol. The molecule has 3 rings (SSSR count). The molecule has 5 atom stereocenters. The highest BCUT2D eigenvalue weighted by Gasteiger charge is 2.49. The van der Waals surface area contributed by atoms with Crippen LogP contribution in [0.25, 0.3) is 0 Å². The third-order valence-corrected chi connectivity index (χ3v) is 7.06. The first-order valence-electron chi connectivity index (χ1n) is 10.0. The summed E-state index contributed by atoms with van der Waals surface area (Å²) >= 11 is 0. The van der Waals surface area contributed by atoms with Gasteiger partial charge in [-0.2, -0.15) is 0 Å². The SMILES string of the molecule is C=C1CCC2[C@@H](C(C)CC[C@@]2(C)CO)[C@H]1CCOc1ccc([N+](=O)[O-])cc1. The maximum absolute atomic E-state index is 10.7. The molecule has 0 bridgehead atoms. The van der Waals surface area contributed by atoms with Crippen LogP contribution in [-0.2, 0) is 0 Å². The summed E-state index contributed by atoms with van der Waals surface area (Å²) in [6.45, 7) is 9.79. The molecule has 5 nitrogen and oxygen atoms in total. The van der Waals surface area contributed by atoms with Crippen molar-refractivity contribution in [1.82, 2.24) is 0 Å². The third kappa shape index (κ3) is 4.03. The molecule has 2 aliphatic carbocycles. The Labute approximate surface area is 161 Å². The molecule has 1 aromatic carbocycles. The van der Waals surface area contributed by atoms with Crippen LogP contribution in [0.15, 0.2) is 36.4 Å². The molecule has 0 amide bonds. The van der Waals surface area contributed by atoms with Crippen LogP contribution in [0.3, 0.4) is 0 Å². The van der Waals surface area contributed by atoms with Gasteiger partial charge in [0.25, 0.3) is 5.69 Å². The zero-order valence-corrected chi connectivity index (χ0v) is 16.4. The molecule has 0 aromatic heterocycles. The molecule has 148 valence electrons. The second-order valence-electron chi connectivity index (χ2n) is 8.70. The molecule has 27 heavy (non-hydrogen) atoms. The number of aliphatic hydroxyl groups excluding tert-OH is 1. The molecular weight excluding hydrogens is 342 g/mol. The van der Waals surface area contributed by atoms with Gasteiger partial charge in [0.15, 0.2) is 0 Å². The van der Waals surface area contributed by atoms with Crippen molar-refractivity contribution in [1.29, 1.82) is 0 Å². The van der Waals surface area contributed by atoms with Gasteiger partial charge in [0, 0.05) is 18.7 Å². The van der Waals surface area contributed by atoms with E-state index in [0.717, 1.165) is 32.1 Å². The number of hydrogen-bond donors (Lipinski definition) is 1. The Kier molecular flexibility index (Phi) is 5.89. The van der Waals surface area contributed by atoms with Crippen LogP contribution < -0.4 is 4.74 Å².